The first-order chi connectivity index (χ1) is 17.9. The van der Waals surface area contributed by atoms with E-state index < -0.39 is 8.32 Å². The van der Waals surface area contributed by atoms with Crippen LogP contribution in [0.15, 0.2) is 47.3 Å². The van der Waals surface area contributed by atoms with Crippen molar-refractivity contribution in [1.82, 2.24) is 19.7 Å². The molecule has 200 valence electrons. The molecular formula is C27H35N7O3Si. The monoisotopic (exact) mass is 533 g/mol. The van der Waals surface area contributed by atoms with Crippen LogP contribution in [0.3, 0.4) is 0 Å². The molecule has 1 unspecified atom stereocenters. The Kier molecular flexibility index (Phi) is 6.52. The van der Waals surface area contributed by atoms with Crippen LogP contribution in [-0.4, -0.2) is 53.2 Å². The molecule has 1 aliphatic heterocycles. The average molecular weight is 534 g/mol. The van der Waals surface area contributed by atoms with E-state index >= 15 is 0 Å². The van der Waals surface area contributed by atoms with Gasteiger partial charge in [-0.15, -0.1) is 0 Å². The van der Waals surface area contributed by atoms with Crippen LogP contribution in [-0.2, 0) is 11.5 Å². The van der Waals surface area contributed by atoms with E-state index in [-0.39, 0.29) is 22.7 Å². The van der Waals surface area contributed by atoms with Gasteiger partial charge in [-0.05, 0) is 48.8 Å². The highest BCUT2D eigenvalue weighted by Crippen LogP contribution is 2.40. The number of pyridine rings is 1. The molecule has 3 N–H and O–H groups in total. The normalized spacial score (nSPS) is 16.4. The predicted molar refractivity (Wildman–Crippen MR) is 152 cm³/mol. The molecule has 3 aromatic heterocycles. The third-order valence-corrected chi connectivity index (χ3v) is 12.0. The average Bonchev–Trinajstić information content (AvgIpc) is 3.56. The van der Waals surface area contributed by atoms with Gasteiger partial charge < -0.3 is 24.8 Å². The second-order valence-electron chi connectivity index (χ2n) is 11.4. The largest absolute Gasteiger partial charge is 0.444 e. The minimum atomic E-state index is -1.90. The number of nitrogen functional groups attached to an aromatic ring is 1. The molecule has 0 aliphatic carbocycles. The van der Waals surface area contributed by atoms with Gasteiger partial charge in [-0.25, -0.2) is 9.97 Å². The van der Waals surface area contributed by atoms with E-state index in [0.29, 0.717) is 23.0 Å². The molecule has 4 aromatic rings. The SMILES string of the molecule is Cn1cc2cc(NC(=O)c3coc(-c4ccnc(N)c4)n3)c(N3CCC(O[Si](C)(C)C(C)(C)C)C3)cc2n1. The molecule has 0 saturated carbocycles. The van der Waals surface area contributed by atoms with E-state index in [2.05, 4.69) is 59.1 Å². The summed E-state index contributed by atoms with van der Waals surface area (Å²) < 4.78 is 14.0. The number of nitrogens with one attached hydrogen (secondary N) is 1. The van der Waals surface area contributed by atoms with Gasteiger partial charge in [-0.1, -0.05) is 20.8 Å². The van der Waals surface area contributed by atoms with Gasteiger partial charge >= 0.3 is 0 Å². The fraction of sp³-hybridized carbons (Fsp3) is 0.407. The molecule has 1 amide bonds. The number of hydrogen-bond donors (Lipinski definition) is 2. The topological polar surface area (TPSA) is 124 Å². The lowest BCUT2D eigenvalue weighted by Gasteiger charge is -2.38. The van der Waals surface area contributed by atoms with Gasteiger partial charge in [0.1, 0.15) is 12.1 Å². The number of aromatic nitrogens is 4. The Labute approximate surface area is 223 Å². The molecule has 5 rings (SSSR count). The van der Waals surface area contributed by atoms with Gasteiger partial charge in [0.05, 0.1) is 23.0 Å². The fourth-order valence-electron chi connectivity index (χ4n) is 4.46. The van der Waals surface area contributed by atoms with E-state index in [4.69, 9.17) is 14.6 Å². The van der Waals surface area contributed by atoms with Crippen molar-refractivity contribution in [3.05, 3.63) is 48.6 Å². The number of amides is 1. The summed E-state index contributed by atoms with van der Waals surface area (Å²) in [6.07, 6.45) is 5.93. The minimum absolute atomic E-state index is 0.143. The van der Waals surface area contributed by atoms with Gasteiger partial charge in [-0.3, -0.25) is 9.48 Å². The van der Waals surface area contributed by atoms with Crippen molar-refractivity contribution in [2.75, 3.05) is 29.0 Å². The van der Waals surface area contributed by atoms with Crippen LogP contribution >= 0.6 is 0 Å². The number of aryl methyl sites for hydroxylation is 1. The zero-order valence-electron chi connectivity index (χ0n) is 22.8. The lowest BCUT2D eigenvalue weighted by atomic mass is 10.2. The molecule has 1 saturated heterocycles. The quantitative estimate of drug-likeness (QED) is 0.330. The third-order valence-electron chi connectivity index (χ3n) is 7.50. The van der Waals surface area contributed by atoms with E-state index in [1.807, 2.05) is 25.4 Å². The second-order valence-corrected chi connectivity index (χ2v) is 16.2. The summed E-state index contributed by atoms with van der Waals surface area (Å²) in [5.41, 5.74) is 9.08. The third kappa shape index (κ3) is 5.16. The van der Waals surface area contributed by atoms with Gasteiger partial charge in [0.25, 0.3) is 5.91 Å². The number of carbonyl (C=O) groups excluding carboxylic acids is 1. The molecule has 0 radical (unpaired) electrons. The molecule has 1 atom stereocenters. The summed E-state index contributed by atoms with van der Waals surface area (Å²) in [5, 5.41) is 8.73. The first kappa shape index (κ1) is 25.9. The number of hydrogen-bond acceptors (Lipinski definition) is 8. The minimum Gasteiger partial charge on any atom is -0.444 e. The highest BCUT2D eigenvalue weighted by Gasteiger charge is 2.40. The van der Waals surface area contributed by atoms with Crippen molar-refractivity contribution in [3.63, 3.8) is 0 Å². The Hall–Kier alpha value is -3.70. The predicted octanol–water partition coefficient (Wildman–Crippen LogP) is 5.06. The molecule has 1 aromatic carbocycles. The molecule has 0 bridgehead atoms. The van der Waals surface area contributed by atoms with Gasteiger partial charge in [0.15, 0.2) is 14.0 Å². The van der Waals surface area contributed by atoms with Crippen molar-refractivity contribution >= 4 is 42.3 Å². The van der Waals surface area contributed by atoms with Crippen molar-refractivity contribution in [2.24, 2.45) is 7.05 Å². The molecule has 1 aliphatic rings. The fourth-order valence-corrected chi connectivity index (χ4v) is 5.84. The number of benzene rings is 1. The summed E-state index contributed by atoms with van der Waals surface area (Å²) in [6.45, 7) is 12.9. The van der Waals surface area contributed by atoms with E-state index in [0.717, 1.165) is 36.1 Å². The van der Waals surface area contributed by atoms with Crippen molar-refractivity contribution < 1.29 is 13.6 Å². The Bertz CT molecular complexity index is 1490. The molecular weight excluding hydrogens is 498 g/mol. The number of fused-ring (bicyclic) bond motifs is 1. The van der Waals surface area contributed by atoms with Crippen molar-refractivity contribution in [2.45, 2.75) is 51.4 Å². The Morgan fingerprint density at radius 2 is 2.05 bits per heavy atom. The summed E-state index contributed by atoms with van der Waals surface area (Å²) >= 11 is 0. The Morgan fingerprint density at radius 3 is 2.79 bits per heavy atom. The Morgan fingerprint density at radius 1 is 1.26 bits per heavy atom. The molecule has 1 fully saturated rings. The number of nitrogens with zero attached hydrogens (tertiary/aromatic N) is 5. The van der Waals surface area contributed by atoms with E-state index in [1.165, 1.54) is 6.26 Å². The molecule has 38 heavy (non-hydrogen) atoms. The zero-order chi connectivity index (χ0) is 27.2. The number of nitrogens with two attached hydrogens (primary N) is 1. The van der Waals surface area contributed by atoms with Crippen LogP contribution in [0.25, 0.3) is 22.4 Å². The number of rotatable bonds is 6. The van der Waals surface area contributed by atoms with Crippen molar-refractivity contribution in [3.8, 4) is 11.5 Å². The highest BCUT2D eigenvalue weighted by atomic mass is 28.4. The molecule has 11 heteroatoms. The highest BCUT2D eigenvalue weighted by molar-refractivity contribution is 6.74. The second kappa shape index (κ2) is 9.55. The summed E-state index contributed by atoms with van der Waals surface area (Å²) in [6, 6.07) is 7.38. The summed E-state index contributed by atoms with van der Waals surface area (Å²) in [7, 11) is -0.00803. The smallest absolute Gasteiger partial charge is 0.277 e. The number of carbonyl (C=O) groups is 1. The van der Waals surface area contributed by atoms with Gasteiger partial charge in [0.2, 0.25) is 5.89 Å². The first-order valence-corrected chi connectivity index (χ1v) is 15.7. The standard InChI is InChI=1S/C27H35N7O3Si/c1-27(2,3)38(5,6)37-19-8-10-34(15-19)23-13-20-18(14-33(4)32-20)11-21(23)30-25(35)22-16-36-26(31-22)17-7-9-29-24(28)12-17/h7,9,11-14,16,19H,8,10,15H2,1-6H3,(H2,28,29)(H,30,35). The van der Waals surface area contributed by atoms with Crippen LogP contribution in [0, 0.1) is 0 Å². The Balaban J connectivity index is 1.40. The number of anilines is 3. The van der Waals surface area contributed by atoms with Crippen molar-refractivity contribution in [1.29, 1.82) is 0 Å². The molecule has 10 nitrogen and oxygen atoms in total. The maximum atomic E-state index is 13.3. The van der Waals surface area contributed by atoms with Crippen LogP contribution in [0.1, 0.15) is 37.7 Å². The van der Waals surface area contributed by atoms with Crippen LogP contribution < -0.4 is 16.0 Å². The molecule has 4 heterocycles. The van der Waals surface area contributed by atoms with E-state index in [9.17, 15) is 4.79 Å². The maximum Gasteiger partial charge on any atom is 0.277 e. The summed E-state index contributed by atoms with van der Waals surface area (Å²) in [4.78, 5) is 23.9. The van der Waals surface area contributed by atoms with E-state index in [1.54, 1.807) is 23.0 Å². The molecule has 0 spiro atoms. The lowest BCUT2D eigenvalue weighted by molar-refractivity contribution is 0.102. The maximum absolute atomic E-state index is 13.3. The number of oxazole rings is 1. The lowest BCUT2D eigenvalue weighted by Crippen LogP contribution is -2.44. The van der Waals surface area contributed by atoms with Gasteiger partial charge in [0, 0.05) is 43.5 Å². The van der Waals surface area contributed by atoms with Crippen LogP contribution in [0.2, 0.25) is 18.1 Å². The summed E-state index contributed by atoms with van der Waals surface area (Å²) in [5.74, 6) is 0.291. The van der Waals surface area contributed by atoms with Crippen LogP contribution in [0.5, 0.6) is 0 Å². The first-order valence-electron chi connectivity index (χ1n) is 12.8. The van der Waals surface area contributed by atoms with Gasteiger partial charge in [-0.2, -0.15) is 5.10 Å². The zero-order valence-corrected chi connectivity index (χ0v) is 23.8. The van der Waals surface area contributed by atoms with Crippen LogP contribution in [0.4, 0.5) is 17.2 Å².